The Morgan fingerprint density at radius 3 is 2.47 bits per heavy atom. The van der Waals surface area contributed by atoms with E-state index in [0.717, 1.165) is 11.1 Å². The third-order valence-corrected chi connectivity index (χ3v) is 2.35. The van der Waals surface area contributed by atoms with Gasteiger partial charge in [-0.1, -0.05) is 18.2 Å². The number of carboxylic acid groups (broad SMARTS) is 1. The Balaban J connectivity index is 0.00000196. The SMILES string of the molecule is Cc1ccc([C@H](N)CC(=O)O)cc1C.Cl. The first-order chi connectivity index (χ1) is 6.50. The fourth-order valence-electron chi connectivity index (χ4n) is 1.30. The van der Waals surface area contributed by atoms with Gasteiger partial charge in [0.15, 0.2) is 0 Å². The van der Waals surface area contributed by atoms with Gasteiger partial charge in [-0.3, -0.25) is 4.79 Å². The van der Waals surface area contributed by atoms with Crippen LogP contribution in [-0.2, 0) is 4.79 Å². The van der Waals surface area contributed by atoms with Crippen molar-refractivity contribution in [1.82, 2.24) is 0 Å². The van der Waals surface area contributed by atoms with Gasteiger partial charge in [-0.05, 0) is 30.5 Å². The maximum Gasteiger partial charge on any atom is 0.305 e. The molecule has 84 valence electrons. The molecule has 0 heterocycles. The molecule has 1 aromatic carbocycles. The second-order valence-electron chi connectivity index (χ2n) is 3.55. The smallest absolute Gasteiger partial charge is 0.305 e. The first-order valence-corrected chi connectivity index (χ1v) is 4.55. The van der Waals surface area contributed by atoms with Crippen molar-refractivity contribution in [3.63, 3.8) is 0 Å². The Hall–Kier alpha value is -1.06. The number of aliphatic carboxylic acids is 1. The van der Waals surface area contributed by atoms with Crippen molar-refractivity contribution in [1.29, 1.82) is 0 Å². The van der Waals surface area contributed by atoms with Gasteiger partial charge in [0, 0.05) is 6.04 Å². The highest BCUT2D eigenvalue weighted by Gasteiger charge is 2.10. The number of halogens is 1. The summed E-state index contributed by atoms with van der Waals surface area (Å²) in [4.78, 5) is 10.5. The molecule has 3 nitrogen and oxygen atoms in total. The Morgan fingerprint density at radius 2 is 2.00 bits per heavy atom. The molecule has 0 unspecified atom stereocenters. The molecule has 0 aliphatic rings. The van der Waals surface area contributed by atoms with E-state index in [2.05, 4.69) is 0 Å². The Kier molecular flexibility index (Phi) is 5.33. The van der Waals surface area contributed by atoms with Crippen molar-refractivity contribution in [3.05, 3.63) is 34.9 Å². The first-order valence-electron chi connectivity index (χ1n) is 4.55. The molecule has 15 heavy (non-hydrogen) atoms. The summed E-state index contributed by atoms with van der Waals surface area (Å²) in [6, 6.07) is 5.39. The van der Waals surface area contributed by atoms with Crippen LogP contribution >= 0.6 is 12.4 Å². The second kappa shape index (κ2) is 5.73. The van der Waals surface area contributed by atoms with Crippen LogP contribution in [0.5, 0.6) is 0 Å². The topological polar surface area (TPSA) is 63.3 Å². The number of aryl methyl sites for hydroxylation is 2. The molecule has 0 aromatic heterocycles. The summed E-state index contributed by atoms with van der Waals surface area (Å²) in [7, 11) is 0. The first kappa shape index (κ1) is 13.9. The monoisotopic (exact) mass is 229 g/mol. The van der Waals surface area contributed by atoms with Crippen molar-refractivity contribution >= 4 is 18.4 Å². The van der Waals surface area contributed by atoms with E-state index in [1.54, 1.807) is 0 Å². The minimum atomic E-state index is -0.865. The van der Waals surface area contributed by atoms with Crippen LogP contribution < -0.4 is 5.73 Å². The highest BCUT2D eigenvalue weighted by atomic mass is 35.5. The summed E-state index contributed by atoms with van der Waals surface area (Å²) >= 11 is 0. The summed E-state index contributed by atoms with van der Waals surface area (Å²) in [6.07, 6.45) is -0.0253. The lowest BCUT2D eigenvalue weighted by Crippen LogP contribution is -2.15. The Morgan fingerprint density at radius 1 is 1.40 bits per heavy atom. The van der Waals surface area contributed by atoms with Crippen LogP contribution in [0, 0.1) is 13.8 Å². The van der Waals surface area contributed by atoms with Crippen LogP contribution in [0.25, 0.3) is 0 Å². The fraction of sp³-hybridized carbons (Fsp3) is 0.364. The zero-order valence-electron chi connectivity index (χ0n) is 8.86. The molecule has 0 spiro atoms. The predicted molar refractivity (Wildman–Crippen MR) is 62.3 cm³/mol. The summed E-state index contributed by atoms with van der Waals surface area (Å²) in [6.45, 7) is 4.01. The number of hydrogen-bond acceptors (Lipinski definition) is 2. The maximum atomic E-state index is 10.5. The van der Waals surface area contributed by atoms with Gasteiger partial charge in [0.2, 0.25) is 0 Å². The molecule has 1 rings (SSSR count). The van der Waals surface area contributed by atoms with E-state index in [1.165, 1.54) is 5.56 Å². The van der Waals surface area contributed by atoms with Crippen molar-refractivity contribution in [3.8, 4) is 0 Å². The van der Waals surface area contributed by atoms with Crippen molar-refractivity contribution < 1.29 is 9.90 Å². The van der Waals surface area contributed by atoms with Crippen molar-refractivity contribution in [2.24, 2.45) is 5.73 Å². The summed E-state index contributed by atoms with van der Waals surface area (Å²) in [5.41, 5.74) is 8.95. The van der Waals surface area contributed by atoms with E-state index in [4.69, 9.17) is 10.8 Å². The van der Waals surface area contributed by atoms with Crippen LogP contribution in [0.1, 0.15) is 29.2 Å². The molecular formula is C11H16ClNO2. The number of nitrogens with two attached hydrogens (primary N) is 1. The predicted octanol–water partition coefficient (Wildman–Crippen LogP) is 2.20. The molecule has 0 radical (unpaired) electrons. The average Bonchev–Trinajstić information content (AvgIpc) is 2.08. The molecule has 0 amide bonds. The summed E-state index contributed by atoms with van der Waals surface area (Å²) < 4.78 is 0. The normalized spacial score (nSPS) is 11.7. The van der Waals surface area contributed by atoms with Crippen LogP contribution in [0.2, 0.25) is 0 Å². The van der Waals surface area contributed by atoms with Crippen LogP contribution in [0.4, 0.5) is 0 Å². The number of benzene rings is 1. The summed E-state index contributed by atoms with van der Waals surface area (Å²) in [5.74, 6) is -0.865. The van der Waals surface area contributed by atoms with Gasteiger partial charge >= 0.3 is 5.97 Å². The molecule has 4 heteroatoms. The van der Waals surface area contributed by atoms with Gasteiger partial charge in [0.05, 0.1) is 6.42 Å². The van der Waals surface area contributed by atoms with E-state index in [9.17, 15) is 4.79 Å². The summed E-state index contributed by atoms with van der Waals surface area (Å²) in [5, 5.41) is 8.59. The minimum absolute atomic E-state index is 0. The van der Waals surface area contributed by atoms with Gasteiger partial charge < -0.3 is 10.8 Å². The molecule has 0 saturated heterocycles. The number of hydrogen-bond donors (Lipinski definition) is 2. The molecule has 0 fully saturated rings. The van der Waals surface area contributed by atoms with Gasteiger partial charge in [-0.25, -0.2) is 0 Å². The van der Waals surface area contributed by atoms with E-state index in [-0.39, 0.29) is 18.8 Å². The second-order valence-corrected chi connectivity index (χ2v) is 3.55. The number of carbonyl (C=O) groups is 1. The molecule has 0 bridgehead atoms. The van der Waals surface area contributed by atoms with Crippen molar-refractivity contribution in [2.45, 2.75) is 26.3 Å². The highest BCUT2D eigenvalue weighted by Crippen LogP contribution is 2.17. The number of carboxylic acids is 1. The van der Waals surface area contributed by atoms with Gasteiger partial charge in [0.1, 0.15) is 0 Å². The van der Waals surface area contributed by atoms with Crippen molar-refractivity contribution in [2.75, 3.05) is 0 Å². The number of rotatable bonds is 3. The van der Waals surface area contributed by atoms with Crippen LogP contribution in [-0.4, -0.2) is 11.1 Å². The lowest BCUT2D eigenvalue weighted by Gasteiger charge is -2.11. The molecule has 1 aromatic rings. The molecule has 0 aliphatic heterocycles. The average molecular weight is 230 g/mol. The molecule has 0 aliphatic carbocycles. The quantitative estimate of drug-likeness (QED) is 0.835. The van der Waals surface area contributed by atoms with Crippen LogP contribution in [0.15, 0.2) is 18.2 Å². The van der Waals surface area contributed by atoms with Crippen LogP contribution in [0.3, 0.4) is 0 Å². The third-order valence-electron chi connectivity index (χ3n) is 2.35. The highest BCUT2D eigenvalue weighted by molar-refractivity contribution is 5.85. The molecule has 3 N–H and O–H groups in total. The fourth-order valence-corrected chi connectivity index (χ4v) is 1.30. The van der Waals surface area contributed by atoms with Gasteiger partial charge in [0.25, 0.3) is 0 Å². The Labute approximate surface area is 95.7 Å². The van der Waals surface area contributed by atoms with Gasteiger partial charge in [-0.15, -0.1) is 12.4 Å². The van der Waals surface area contributed by atoms with E-state index in [0.29, 0.717) is 0 Å². The third kappa shape index (κ3) is 3.90. The maximum absolute atomic E-state index is 10.5. The standard InChI is InChI=1S/C11H15NO2.ClH/c1-7-3-4-9(5-8(7)2)10(12)6-11(13)14;/h3-5,10H,6,12H2,1-2H3,(H,13,14);1H/t10-;/m1./s1. The molecular weight excluding hydrogens is 214 g/mol. The van der Waals surface area contributed by atoms with E-state index in [1.807, 2.05) is 32.0 Å². The zero-order chi connectivity index (χ0) is 10.7. The minimum Gasteiger partial charge on any atom is -0.481 e. The largest absolute Gasteiger partial charge is 0.481 e. The van der Waals surface area contributed by atoms with E-state index < -0.39 is 12.0 Å². The Bertz CT molecular complexity index is 352. The lowest BCUT2D eigenvalue weighted by atomic mass is 10.00. The molecule has 1 atom stereocenters. The molecule has 0 saturated carbocycles. The van der Waals surface area contributed by atoms with Gasteiger partial charge in [-0.2, -0.15) is 0 Å². The zero-order valence-corrected chi connectivity index (χ0v) is 9.67. The lowest BCUT2D eigenvalue weighted by molar-refractivity contribution is -0.137. The van der Waals surface area contributed by atoms with E-state index >= 15 is 0 Å².